The smallest absolute Gasteiger partial charge is 0.339 e. The molecule has 2 aromatic heterocycles. The standard InChI is InChI=1S/C12H13NO3S/c1-8(11-3-2-6-17-11)13-7-10-9(12(14)15)4-5-16-10/h2-6,8,13H,7H2,1H3,(H,14,15). The number of carboxylic acid groups (broad SMARTS) is 1. The Morgan fingerprint density at radius 3 is 3.06 bits per heavy atom. The minimum Gasteiger partial charge on any atom is -0.478 e. The van der Waals surface area contributed by atoms with Gasteiger partial charge in [-0.1, -0.05) is 6.07 Å². The van der Waals surface area contributed by atoms with Crippen molar-refractivity contribution >= 4 is 17.3 Å². The molecule has 2 heterocycles. The molecule has 0 amide bonds. The molecule has 0 aliphatic carbocycles. The Hall–Kier alpha value is -1.59. The average molecular weight is 251 g/mol. The molecule has 0 aromatic carbocycles. The second kappa shape index (κ2) is 5.16. The molecule has 0 aliphatic rings. The van der Waals surface area contributed by atoms with Crippen molar-refractivity contribution in [3.05, 3.63) is 46.0 Å². The molecule has 0 saturated heterocycles. The van der Waals surface area contributed by atoms with Crippen LogP contribution in [0.3, 0.4) is 0 Å². The Morgan fingerprint density at radius 2 is 2.41 bits per heavy atom. The fourth-order valence-electron chi connectivity index (χ4n) is 1.55. The van der Waals surface area contributed by atoms with Gasteiger partial charge in [0.1, 0.15) is 11.3 Å². The van der Waals surface area contributed by atoms with E-state index in [2.05, 4.69) is 5.32 Å². The van der Waals surface area contributed by atoms with Crippen LogP contribution >= 0.6 is 11.3 Å². The van der Waals surface area contributed by atoms with Crippen LogP contribution in [-0.4, -0.2) is 11.1 Å². The predicted octanol–water partition coefficient (Wildman–Crippen LogP) is 2.89. The highest BCUT2D eigenvalue weighted by atomic mass is 32.1. The first-order valence-electron chi connectivity index (χ1n) is 5.25. The summed E-state index contributed by atoms with van der Waals surface area (Å²) in [6, 6.07) is 5.69. The lowest BCUT2D eigenvalue weighted by Gasteiger charge is -2.10. The lowest BCUT2D eigenvalue weighted by Crippen LogP contribution is -2.18. The summed E-state index contributed by atoms with van der Waals surface area (Å²) in [7, 11) is 0. The van der Waals surface area contributed by atoms with Gasteiger partial charge in [0.25, 0.3) is 0 Å². The van der Waals surface area contributed by atoms with Crippen molar-refractivity contribution in [3.8, 4) is 0 Å². The minimum absolute atomic E-state index is 0.182. The first-order chi connectivity index (χ1) is 8.18. The molecule has 17 heavy (non-hydrogen) atoms. The lowest BCUT2D eigenvalue weighted by molar-refractivity contribution is 0.0694. The maximum Gasteiger partial charge on any atom is 0.339 e. The van der Waals surface area contributed by atoms with Crippen LogP contribution in [0.25, 0.3) is 0 Å². The molecular weight excluding hydrogens is 238 g/mol. The molecular formula is C12H13NO3S. The number of nitrogens with one attached hydrogen (secondary N) is 1. The van der Waals surface area contributed by atoms with Crippen LogP contribution in [-0.2, 0) is 6.54 Å². The summed E-state index contributed by atoms with van der Waals surface area (Å²) < 4.78 is 5.15. The molecule has 1 unspecified atom stereocenters. The van der Waals surface area contributed by atoms with E-state index < -0.39 is 5.97 Å². The molecule has 1 atom stereocenters. The summed E-state index contributed by atoms with van der Waals surface area (Å²) in [5.74, 6) is -0.500. The Labute approximate surface area is 103 Å². The van der Waals surface area contributed by atoms with Gasteiger partial charge in [0.15, 0.2) is 0 Å². The molecule has 0 fully saturated rings. The summed E-state index contributed by atoms with van der Waals surface area (Å²) in [4.78, 5) is 12.1. The zero-order valence-corrected chi connectivity index (χ0v) is 10.2. The fraction of sp³-hybridized carbons (Fsp3) is 0.250. The summed E-state index contributed by atoms with van der Waals surface area (Å²) in [6.07, 6.45) is 1.40. The van der Waals surface area contributed by atoms with Crippen LogP contribution in [0, 0.1) is 0 Å². The minimum atomic E-state index is -0.959. The van der Waals surface area contributed by atoms with Crippen molar-refractivity contribution in [2.45, 2.75) is 19.5 Å². The quantitative estimate of drug-likeness (QED) is 0.857. The van der Waals surface area contributed by atoms with Gasteiger partial charge < -0.3 is 14.8 Å². The molecule has 0 aliphatic heterocycles. The van der Waals surface area contributed by atoms with Gasteiger partial charge in [0.2, 0.25) is 0 Å². The summed E-state index contributed by atoms with van der Waals surface area (Å²) >= 11 is 1.67. The van der Waals surface area contributed by atoms with E-state index in [1.807, 2.05) is 24.4 Å². The highest BCUT2D eigenvalue weighted by molar-refractivity contribution is 7.10. The van der Waals surface area contributed by atoms with Crippen LogP contribution in [0.5, 0.6) is 0 Å². The molecule has 4 nitrogen and oxygen atoms in total. The molecule has 5 heteroatoms. The van der Waals surface area contributed by atoms with E-state index in [1.54, 1.807) is 11.3 Å². The largest absolute Gasteiger partial charge is 0.478 e. The van der Waals surface area contributed by atoms with Crippen molar-refractivity contribution in [1.82, 2.24) is 5.32 Å². The van der Waals surface area contributed by atoms with Crippen LogP contribution in [0.2, 0.25) is 0 Å². The van der Waals surface area contributed by atoms with E-state index in [4.69, 9.17) is 9.52 Å². The number of hydrogen-bond acceptors (Lipinski definition) is 4. The Morgan fingerprint density at radius 1 is 1.59 bits per heavy atom. The van der Waals surface area contributed by atoms with Crippen LogP contribution in [0.1, 0.15) is 34.0 Å². The highest BCUT2D eigenvalue weighted by Crippen LogP contribution is 2.19. The molecule has 90 valence electrons. The van der Waals surface area contributed by atoms with Gasteiger partial charge in [-0.05, 0) is 24.4 Å². The van der Waals surface area contributed by atoms with Crippen molar-refractivity contribution < 1.29 is 14.3 Å². The van der Waals surface area contributed by atoms with Gasteiger partial charge in [-0.25, -0.2) is 4.79 Å². The molecule has 0 radical (unpaired) electrons. The number of thiophene rings is 1. The number of carboxylic acids is 1. The topological polar surface area (TPSA) is 62.5 Å². The zero-order valence-electron chi connectivity index (χ0n) is 9.34. The Bertz CT molecular complexity index is 490. The van der Waals surface area contributed by atoms with Crippen LogP contribution < -0.4 is 5.32 Å². The SMILES string of the molecule is CC(NCc1occc1C(=O)O)c1cccs1. The van der Waals surface area contributed by atoms with Crippen molar-refractivity contribution in [2.75, 3.05) is 0 Å². The normalized spacial score (nSPS) is 12.5. The van der Waals surface area contributed by atoms with Crippen LogP contribution in [0.4, 0.5) is 0 Å². The van der Waals surface area contributed by atoms with Crippen molar-refractivity contribution in [1.29, 1.82) is 0 Å². The number of rotatable bonds is 5. The predicted molar refractivity (Wildman–Crippen MR) is 65.2 cm³/mol. The van der Waals surface area contributed by atoms with Crippen molar-refractivity contribution in [2.24, 2.45) is 0 Å². The molecule has 2 rings (SSSR count). The van der Waals surface area contributed by atoms with E-state index in [9.17, 15) is 4.79 Å². The van der Waals surface area contributed by atoms with Crippen molar-refractivity contribution in [3.63, 3.8) is 0 Å². The summed E-state index contributed by atoms with van der Waals surface area (Å²) in [6.45, 7) is 2.45. The summed E-state index contributed by atoms with van der Waals surface area (Å²) in [5, 5.41) is 14.2. The second-order valence-corrected chi connectivity index (χ2v) is 4.66. The maximum absolute atomic E-state index is 10.9. The van der Waals surface area contributed by atoms with E-state index in [0.29, 0.717) is 12.3 Å². The van der Waals surface area contributed by atoms with E-state index in [0.717, 1.165) is 0 Å². The van der Waals surface area contributed by atoms with Gasteiger partial charge in [0.05, 0.1) is 12.8 Å². The number of aromatic carboxylic acids is 1. The monoisotopic (exact) mass is 251 g/mol. The van der Waals surface area contributed by atoms with E-state index in [1.165, 1.54) is 17.2 Å². The van der Waals surface area contributed by atoms with Crippen LogP contribution in [0.15, 0.2) is 34.3 Å². The molecule has 0 spiro atoms. The number of furan rings is 1. The molecule has 0 bridgehead atoms. The van der Waals surface area contributed by atoms with E-state index >= 15 is 0 Å². The zero-order chi connectivity index (χ0) is 12.3. The Kier molecular flexibility index (Phi) is 3.61. The number of hydrogen-bond donors (Lipinski definition) is 2. The first kappa shape index (κ1) is 11.9. The maximum atomic E-state index is 10.9. The fourth-order valence-corrected chi connectivity index (χ4v) is 2.31. The van der Waals surface area contributed by atoms with Gasteiger partial charge >= 0.3 is 5.97 Å². The molecule has 2 N–H and O–H groups in total. The third-order valence-electron chi connectivity index (χ3n) is 2.51. The van der Waals surface area contributed by atoms with Gasteiger partial charge in [-0.15, -0.1) is 11.3 Å². The molecule has 0 saturated carbocycles. The van der Waals surface area contributed by atoms with Gasteiger partial charge in [-0.3, -0.25) is 0 Å². The van der Waals surface area contributed by atoms with Gasteiger partial charge in [-0.2, -0.15) is 0 Å². The molecule has 2 aromatic rings. The third-order valence-corrected chi connectivity index (χ3v) is 3.57. The first-order valence-corrected chi connectivity index (χ1v) is 6.13. The second-order valence-electron chi connectivity index (χ2n) is 3.68. The lowest BCUT2D eigenvalue weighted by atomic mass is 10.2. The van der Waals surface area contributed by atoms with Gasteiger partial charge in [0, 0.05) is 10.9 Å². The average Bonchev–Trinajstić information content (AvgIpc) is 2.96. The third kappa shape index (κ3) is 2.75. The number of carbonyl (C=O) groups is 1. The highest BCUT2D eigenvalue weighted by Gasteiger charge is 2.14. The Balaban J connectivity index is 1.98. The van der Waals surface area contributed by atoms with E-state index in [-0.39, 0.29) is 11.6 Å². The summed E-state index contributed by atoms with van der Waals surface area (Å²) in [5.41, 5.74) is 0.218.